The van der Waals surface area contributed by atoms with E-state index in [2.05, 4.69) is 22.2 Å². The molecule has 1 unspecified atom stereocenters. The molecule has 4 nitrogen and oxygen atoms in total. The predicted octanol–water partition coefficient (Wildman–Crippen LogP) is 3.09. The molecule has 0 amide bonds. The highest BCUT2D eigenvalue weighted by Gasteiger charge is 2.34. The third-order valence-electron chi connectivity index (χ3n) is 3.56. The lowest BCUT2D eigenvalue weighted by molar-refractivity contribution is 0.414. The van der Waals surface area contributed by atoms with E-state index in [0.29, 0.717) is 6.04 Å². The monoisotopic (exact) mass is 282 g/mol. The van der Waals surface area contributed by atoms with Gasteiger partial charge in [0.2, 0.25) is 0 Å². The van der Waals surface area contributed by atoms with E-state index in [0.717, 1.165) is 23.6 Å². The molecule has 2 aromatic carbocycles. The van der Waals surface area contributed by atoms with Crippen molar-refractivity contribution in [3.63, 3.8) is 0 Å². The zero-order valence-electron chi connectivity index (χ0n) is 12.2. The third kappa shape index (κ3) is 3.16. The van der Waals surface area contributed by atoms with Crippen molar-refractivity contribution in [3.05, 3.63) is 59.7 Å². The van der Waals surface area contributed by atoms with Crippen LogP contribution in [0, 0.1) is 0 Å². The van der Waals surface area contributed by atoms with Gasteiger partial charge in [-0.2, -0.15) is 5.10 Å². The molecule has 0 aliphatic carbocycles. The number of benzene rings is 2. The van der Waals surface area contributed by atoms with Gasteiger partial charge in [0.05, 0.1) is 33.0 Å². The van der Waals surface area contributed by atoms with Crippen LogP contribution in [0.25, 0.3) is 0 Å². The van der Waals surface area contributed by atoms with Gasteiger partial charge >= 0.3 is 0 Å². The molecule has 0 N–H and O–H groups in total. The number of hydrogen-bond donors (Lipinski definition) is 0. The highest BCUT2D eigenvalue weighted by atomic mass is 16.5. The molecule has 1 saturated heterocycles. The van der Waals surface area contributed by atoms with E-state index >= 15 is 0 Å². The molecule has 1 fully saturated rings. The molecule has 4 heteroatoms. The van der Waals surface area contributed by atoms with Gasteiger partial charge in [0.25, 0.3) is 0 Å². The van der Waals surface area contributed by atoms with Crippen LogP contribution >= 0.6 is 0 Å². The van der Waals surface area contributed by atoms with E-state index in [-0.39, 0.29) is 0 Å². The second-order valence-electron chi connectivity index (χ2n) is 4.93. The lowest BCUT2D eigenvalue weighted by atomic mass is 10.1. The molecule has 2 aromatic rings. The smallest absolute Gasteiger partial charge is 0.118 e. The van der Waals surface area contributed by atoms with Crippen LogP contribution in [0.5, 0.6) is 11.5 Å². The Hall–Kier alpha value is -2.49. The standard InChI is InChI=1S/C17H18N2O2/c1-20-15-7-3-13(4-8-15)11-18-19-12-17(19)14-5-9-16(21-2)10-6-14/h3-11,17H,12H2,1-2H3/b18-11+. The molecule has 0 saturated carbocycles. The van der Waals surface area contributed by atoms with Gasteiger partial charge in [0.1, 0.15) is 11.5 Å². The Bertz CT molecular complexity index is 620. The number of methoxy groups -OCH3 is 2. The van der Waals surface area contributed by atoms with Crippen molar-refractivity contribution in [2.75, 3.05) is 20.8 Å². The molecule has 1 aliphatic heterocycles. The summed E-state index contributed by atoms with van der Waals surface area (Å²) in [6.07, 6.45) is 1.88. The fourth-order valence-electron chi connectivity index (χ4n) is 2.19. The minimum atomic E-state index is 0.380. The SMILES string of the molecule is COc1ccc(/C=N/N2CC2c2ccc(OC)cc2)cc1. The van der Waals surface area contributed by atoms with Gasteiger partial charge in [0.15, 0.2) is 0 Å². The Morgan fingerprint density at radius 2 is 1.52 bits per heavy atom. The highest BCUT2D eigenvalue weighted by Crippen LogP contribution is 2.35. The number of nitrogens with zero attached hydrogens (tertiary/aromatic N) is 2. The molecule has 0 aromatic heterocycles. The van der Waals surface area contributed by atoms with Gasteiger partial charge in [-0.1, -0.05) is 12.1 Å². The summed E-state index contributed by atoms with van der Waals surface area (Å²) in [5, 5.41) is 6.56. The molecule has 0 spiro atoms. The van der Waals surface area contributed by atoms with Crippen LogP contribution in [-0.4, -0.2) is 32.0 Å². The van der Waals surface area contributed by atoms with Gasteiger partial charge in [-0.15, -0.1) is 0 Å². The minimum Gasteiger partial charge on any atom is -0.497 e. The molecule has 108 valence electrons. The van der Waals surface area contributed by atoms with Crippen molar-refractivity contribution in [2.45, 2.75) is 6.04 Å². The van der Waals surface area contributed by atoms with Crippen LogP contribution in [0.15, 0.2) is 53.6 Å². The maximum Gasteiger partial charge on any atom is 0.118 e. The lowest BCUT2D eigenvalue weighted by Crippen LogP contribution is -1.91. The van der Waals surface area contributed by atoms with Gasteiger partial charge in [-0.05, 0) is 47.5 Å². The molecular weight excluding hydrogens is 264 g/mol. The van der Waals surface area contributed by atoms with Crippen molar-refractivity contribution in [3.8, 4) is 11.5 Å². The fraction of sp³-hybridized carbons (Fsp3) is 0.235. The predicted molar refractivity (Wildman–Crippen MR) is 83.0 cm³/mol. The Morgan fingerprint density at radius 1 is 0.952 bits per heavy atom. The summed E-state index contributed by atoms with van der Waals surface area (Å²) < 4.78 is 10.3. The molecule has 21 heavy (non-hydrogen) atoms. The Kier molecular flexibility index (Phi) is 3.77. The first-order valence-corrected chi connectivity index (χ1v) is 6.89. The van der Waals surface area contributed by atoms with Crippen molar-refractivity contribution >= 4 is 6.21 Å². The van der Waals surface area contributed by atoms with Gasteiger partial charge < -0.3 is 9.47 Å². The molecule has 1 aliphatic rings. The lowest BCUT2D eigenvalue weighted by Gasteiger charge is -2.02. The van der Waals surface area contributed by atoms with Crippen LogP contribution in [0.2, 0.25) is 0 Å². The molecule has 0 radical (unpaired) electrons. The van der Waals surface area contributed by atoms with Crippen LogP contribution in [0.1, 0.15) is 17.2 Å². The second-order valence-corrected chi connectivity index (χ2v) is 4.93. The topological polar surface area (TPSA) is 33.8 Å². The average molecular weight is 282 g/mol. The highest BCUT2D eigenvalue weighted by molar-refractivity contribution is 5.79. The molecular formula is C17H18N2O2. The summed E-state index contributed by atoms with van der Waals surface area (Å²) in [6, 6.07) is 16.4. The van der Waals surface area contributed by atoms with E-state index in [9.17, 15) is 0 Å². The summed E-state index contributed by atoms with van der Waals surface area (Å²) in [6.45, 7) is 0.957. The van der Waals surface area contributed by atoms with Crippen molar-refractivity contribution in [1.82, 2.24) is 5.01 Å². The van der Waals surface area contributed by atoms with Crippen molar-refractivity contribution in [1.29, 1.82) is 0 Å². The van der Waals surface area contributed by atoms with Crippen molar-refractivity contribution in [2.24, 2.45) is 5.10 Å². The summed E-state index contributed by atoms with van der Waals surface area (Å²) >= 11 is 0. The van der Waals surface area contributed by atoms with Gasteiger partial charge in [-0.25, -0.2) is 0 Å². The van der Waals surface area contributed by atoms with E-state index < -0.39 is 0 Å². The maximum absolute atomic E-state index is 5.17. The molecule has 1 heterocycles. The molecule has 0 bridgehead atoms. The zero-order valence-corrected chi connectivity index (χ0v) is 12.2. The third-order valence-corrected chi connectivity index (χ3v) is 3.56. The Labute approximate surface area is 124 Å². The first-order chi connectivity index (χ1) is 10.3. The van der Waals surface area contributed by atoms with Gasteiger partial charge in [-0.3, -0.25) is 5.01 Å². The first kappa shape index (κ1) is 13.5. The quantitative estimate of drug-likeness (QED) is 0.624. The van der Waals surface area contributed by atoms with E-state index in [4.69, 9.17) is 9.47 Å². The van der Waals surface area contributed by atoms with Crippen LogP contribution in [0.4, 0.5) is 0 Å². The number of hydrogen-bond acceptors (Lipinski definition) is 4. The normalized spacial score (nSPS) is 17.0. The maximum atomic E-state index is 5.17. The van der Waals surface area contributed by atoms with Gasteiger partial charge in [0, 0.05) is 0 Å². The van der Waals surface area contributed by atoms with E-state index in [1.807, 2.05) is 42.6 Å². The zero-order chi connectivity index (χ0) is 14.7. The summed E-state index contributed by atoms with van der Waals surface area (Å²) in [4.78, 5) is 0. The minimum absolute atomic E-state index is 0.380. The Morgan fingerprint density at radius 3 is 2.10 bits per heavy atom. The summed E-state index contributed by atoms with van der Waals surface area (Å²) in [7, 11) is 3.34. The number of hydrazone groups is 1. The van der Waals surface area contributed by atoms with E-state index in [1.165, 1.54) is 5.56 Å². The largest absolute Gasteiger partial charge is 0.497 e. The fourth-order valence-corrected chi connectivity index (χ4v) is 2.19. The second kappa shape index (κ2) is 5.87. The summed E-state index contributed by atoms with van der Waals surface area (Å²) in [5.74, 6) is 1.74. The van der Waals surface area contributed by atoms with E-state index in [1.54, 1.807) is 14.2 Å². The number of ether oxygens (including phenoxy) is 2. The Balaban J connectivity index is 1.60. The first-order valence-electron chi connectivity index (χ1n) is 6.89. The molecule has 1 atom stereocenters. The van der Waals surface area contributed by atoms with Crippen LogP contribution in [-0.2, 0) is 0 Å². The average Bonchev–Trinajstić information content (AvgIpc) is 3.33. The van der Waals surface area contributed by atoms with Crippen LogP contribution < -0.4 is 9.47 Å². The number of rotatable bonds is 5. The molecule has 3 rings (SSSR count). The van der Waals surface area contributed by atoms with Crippen molar-refractivity contribution < 1.29 is 9.47 Å². The van der Waals surface area contributed by atoms with Crippen LogP contribution in [0.3, 0.4) is 0 Å². The summed E-state index contributed by atoms with van der Waals surface area (Å²) in [5.41, 5.74) is 2.33.